The van der Waals surface area contributed by atoms with Crippen LogP contribution < -0.4 is 5.32 Å². The molecule has 2 aromatic heterocycles. The third kappa shape index (κ3) is 2.38. The van der Waals surface area contributed by atoms with E-state index in [1.807, 2.05) is 62.8 Å². The maximum atomic E-state index is 4.58. The summed E-state index contributed by atoms with van der Waals surface area (Å²) in [7, 11) is 1.84. The molecule has 0 atom stereocenters. The highest BCUT2D eigenvalue weighted by Crippen LogP contribution is 2.19. The van der Waals surface area contributed by atoms with Gasteiger partial charge in [0.05, 0.1) is 6.20 Å². The van der Waals surface area contributed by atoms with E-state index in [1.165, 1.54) is 0 Å². The molecule has 0 radical (unpaired) electrons. The lowest BCUT2D eigenvalue weighted by Crippen LogP contribution is -2.04. The second-order valence-electron chi connectivity index (χ2n) is 4.51. The van der Waals surface area contributed by atoms with Gasteiger partial charge in [0.25, 0.3) is 0 Å². The predicted octanol–water partition coefficient (Wildman–Crippen LogP) is 2.68. The molecule has 2 heterocycles. The summed E-state index contributed by atoms with van der Waals surface area (Å²) < 4.78 is 1.75. The first-order chi connectivity index (χ1) is 9.76. The number of aromatic nitrogens is 4. The standard InChI is InChI=1S/C15H15N5/c1-11-9-17-20(10-11)14-8-13(16-2)18-15(19-14)12-6-4-3-5-7-12/h3-10H,1-2H3,(H,16,18,19). The van der Waals surface area contributed by atoms with Crippen LogP contribution in [0.5, 0.6) is 0 Å². The van der Waals surface area contributed by atoms with Crippen molar-refractivity contribution in [1.82, 2.24) is 19.7 Å². The molecule has 0 saturated heterocycles. The molecule has 0 amide bonds. The summed E-state index contributed by atoms with van der Waals surface area (Å²) in [6, 6.07) is 11.8. The zero-order valence-corrected chi connectivity index (χ0v) is 11.4. The van der Waals surface area contributed by atoms with Crippen molar-refractivity contribution in [3.05, 3.63) is 54.4 Å². The van der Waals surface area contributed by atoms with Crippen LogP contribution in [0, 0.1) is 6.92 Å². The van der Waals surface area contributed by atoms with Crippen molar-refractivity contribution in [1.29, 1.82) is 0 Å². The fourth-order valence-electron chi connectivity index (χ4n) is 1.93. The van der Waals surface area contributed by atoms with Gasteiger partial charge in [-0.25, -0.2) is 14.6 Å². The fraction of sp³-hybridized carbons (Fsp3) is 0.133. The van der Waals surface area contributed by atoms with E-state index in [0.717, 1.165) is 22.8 Å². The van der Waals surface area contributed by atoms with E-state index >= 15 is 0 Å². The molecule has 1 N–H and O–H groups in total. The molecule has 0 bridgehead atoms. The lowest BCUT2D eigenvalue weighted by molar-refractivity contribution is 0.842. The number of anilines is 1. The van der Waals surface area contributed by atoms with Crippen molar-refractivity contribution in [2.75, 3.05) is 12.4 Å². The Kier molecular flexibility index (Phi) is 3.16. The molecule has 0 aliphatic heterocycles. The van der Waals surface area contributed by atoms with Gasteiger partial charge in [-0.2, -0.15) is 5.10 Å². The average Bonchev–Trinajstić information content (AvgIpc) is 2.94. The Hall–Kier alpha value is -2.69. The molecule has 0 spiro atoms. The number of aryl methyl sites for hydroxylation is 1. The third-order valence-electron chi connectivity index (χ3n) is 2.95. The second kappa shape index (κ2) is 5.13. The van der Waals surface area contributed by atoms with Crippen LogP contribution in [-0.4, -0.2) is 26.8 Å². The van der Waals surface area contributed by atoms with Gasteiger partial charge in [0, 0.05) is 24.9 Å². The van der Waals surface area contributed by atoms with E-state index < -0.39 is 0 Å². The van der Waals surface area contributed by atoms with Crippen LogP contribution in [0.2, 0.25) is 0 Å². The summed E-state index contributed by atoms with van der Waals surface area (Å²) in [5.41, 5.74) is 2.07. The molecule has 0 saturated carbocycles. The van der Waals surface area contributed by atoms with Gasteiger partial charge in [-0.05, 0) is 12.5 Å². The summed E-state index contributed by atoms with van der Waals surface area (Å²) in [5, 5.41) is 7.36. The Morgan fingerprint density at radius 1 is 1.10 bits per heavy atom. The maximum absolute atomic E-state index is 4.58. The van der Waals surface area contributed by atoms with E-state index in [4.69, 9.17) is 0 Å². The molecule has 5 nitrogen and oxygen atoms in total. The molecule has 3 aromatic rings. The van der Waals surface area contributed by atoms with Crippen LogP contribution in [0.15, 0.2) is 48.8 Å². The average molecular weight is 265 g/mol. The monoisotopic (exact) mass is 265 g/mol. The highest BCUT2D eigenvalue weighted by molar-refractivity contribution is 5.58. The molecule has 3 rings (SSSR count). The topological polar surface area (TPSA) is 55.6 Å². The largest absolute Gasteiger partial charge is 0.373 e. The summed E-state index contributed by atoms with van der Waals surface area (Å²) in [6.07, 6.45) is 3.75. The summed E-state index contributed by atoms with van der Waals surface area (Å²) in [6.45, 7) is 2.00. The number of rotatable bonds is 3. The van der Waals surface area contributed by atoms with Crippen molar-refractivity contribution >= 4 is 5.82 Å². The molecule has 5 heteroatoms. The van der Waals surface area contributed by atoms with Crippen molar-refractivity contribution in [3.8, 4) is 17.2 Å². The normalized spacial score (nSPS) is 10.5. The highest BCUT2D eigenvalue weighted by Gasteiger charge is 2.08. The van der Waals surface area contributed by atoms with E-state index in [-0.39, 0.29) is 0 Å². The van der Waals surface area contributed by atoms with Gasteiger partial charge in [0.1, 0.15) is 5.82 Å². The fourth-order valence-corrected chi connectivity index (χ4v) is 1.93. The maximum Gasteiger partial charge on any atom is 0.163 e. The van der Waals surface area contributed by atoms with Crippen LogP contribution in [0.25, 0.3) is 17.2 Å². The van der Waals surface area contributed by atoms with E-state index in [9.17, 15) is 0 Å². The van der Waals surface area contributed by atoms with Gasteiger partial charge < -0.3 is 5.32 Å². The Morgan fingerprint density at radius 2 is 1.90 bits per heavy atom. The minimum atomic E-state index is 0.681. The Bertz CT molecular complexity index is 718. The van der Waals surface area contributed by atoms with E-state index in [0.29, 0.717) is 5.82 Å². The van der Waals surface area contributed by atoms with Crippen molar-refractivity contribution in [3.63, 3.8) is 0 Å². The Morgan fingerprint density at radius 3 is 2.55 bits per heavy atom. The molecule has 0 unspecified atom stereocenters. The molecule has 100 valence electrons. The Balaban J connectivity index is 2.12. The zero-order chi connectivity index (χ0) is 13.9. The lowest BCUT2D eigenvalue weighted by Gasteiger charge is -2.07. The number of benzene rings is 1. The molecular formula is C15H15N5. The van der Waals surface area contributed by atoms with Gasteiger partial charge in [0.2, 0.25) is 0 Å². The van der Waals surface area contributed by atoms with Crippen LogP contribution >= 0.6 is 0 Å². The zero-order valence-electron chi connectivity index (χ0n) is 11.4. The SMILES string of the molecule is CNc1cc(-n2cc(C)cn2)nc(-c2ccccc2)n1. The van der Waals surface area contributed by atoms with Crippen LogP contribution in [0.3, 0.4) is 0 Å². The van der Waals surface area contributed by atoms with Gasteiger partial charge in [-0.15, -0.1) is 0 Å². The van der Waals surface area contributed by atoms with Crippen molar-refractivity contribution in [2.24, 2.45) is 0 Å². The number of hydrogen-bond donors (Lipinski definition) is 1. The van der Waals surface area contributed by atoms with Crippen LogP contribution in [0.1, 0.15) is 5.56 Å². The Labute approximate surface area is 117 Å². The predicted molar refractivity (Wildman–Crippen MR) is 78.9 cm³/mol. The van der Waals surface area contributed by atoms with Gasteiger partial charge in [-0.3, -0.25) is 0 Å². The quantitative estimate of drug-likeness (QED) is 0.791. The second-order valence-corrected chi connectivity index (χ2v) is 4.51. The first-order valence-electron chi connectivity index (χ1n) is 6.40. The minimum Gasteiger partial charge on any atom is -0.373 e. The third-order valence-corrected chi connectivity index (χ3v) is 2.95. The summed E-state index contributed by atoms with van der Waals surface area (Å²) in [5.74, 6) is 2.19. The van der Waals surface area contributed by atoms with Gasteiger partial charge in [0.15, 0.2) is 11.6 Å². The van der Waals surface area contributed by atoms with Crippen molar-refractivity contribution < 1.29 is 0 Å². The lowest BCUT2D eigenvalue weighted by atomic mass is 10.2. The molecule has 0 aliphatic rings. The number of nitrogens with one attached hydrogen (secondary N) is 1. The number of hydrogen-bond acceptors (Lipinski definition) is 4. The first kappa shape index (κ1) is 12.3. The smallest absolute Gasteiger partial charge is 0.163 e. The van der Waals surface area contributed by atoms with Crippen LogP contribution in [0.4, 0.5) is 5.82 Å². The molecular weight excluding hydrogens is 250 g/mol. The van der Waals surface area contributed by atoms with E-state index in [1.54, 1.807) is 4.68 Å². The van der Waals surface area contributed by atoms with E-state index in [2.05, 4.69) is 20.4 Å². The summed E-state index contributed by atoms with van der Waals surface area (Å²) >= 11 is 0. The molecule has 1 aromatic carbocycles. The van der Waals surface area contributed by atoms with Crippen molar-refractivity contribution in [2.45, 2.75) is 6.92 Å². The van der Waals surface area contributed by atoms with Gasteiger partial charge in [-0.1, -0.05) is 30.3 Å². The molecule has 0 fully saturated rings. The minimum absolute atomic E-state index is 0.681. The summed E-state index contributed by atoms with van der Waals surface area (Å²) in [4.78, 5) is 9.08. The molecule has 0 aliphatic carbocycles. The highest BCUT2D eigenvalue weighted by atomic mass is 15.3. The number of nitrogens with zero attached hydrogens (tertiary/aromatic N) is 4. The van der Waals surface area contributed by atoms with Crippen LogP contribution in [-0.2, 0) is 0 Å². The first-order valence-corrected chi connectivity index (χ1v) is 6.40. The molecule has 20 heavy (non-hydrogen) atoms. The van der Waals surface area contributed by atoms with Gasteiger partial charge >= 0.3 is 0 Å².